The Morgan fingerprint density at radius 2 is 1.00 bits per heavy atom. The number of hydrogen-bond donors (Lipinski definition) is 0. The molecule has 0 spiro atoms. The highest BCUT2D eigenvalue weighted by Gasteiger charge is 2.85. The van der Waals surface area contributed by atoms with Gasteiger partial charge in [0, 0.05) is 0 Å². The first-order chi connectivity index (χ1) is 13.4. The minimum absolute atomic E-state index is 0.892. The molecule has 0 N–H and O–H groups in total. The maximum Gasteiger partial charge on any atom is 0.119 e. The molecule has 1 aromatic carbocycles. The van der Waals surface area contributed by atoms with Gasteiger partial charge in [0.05, 0.1) is 6.61 Å². The van der Waals surface area contributed by atoms with Crippen LogP contribution < -0.4 is 4.74 Å². The fraction of sp³-hybridized carbons (Fsp3) is 0.769. The molecular formula is C26H30O. The van der Waals surface area contributed by atoms with Crippen LogP contribution in [0, 0.1) is 88.8 Å². The highest BCUT2D eigenvalue weighted by molar-refractivity contribution is 5.32. The third-order valence-corrected chi connectivity index (χ3v) is 12.2. The van der Waals surface area contributed by atoms with Crippen molar-refractivity contribution >= 4 is 0 Å². The van der Waals surface area contributed by atoms with E-state index in [1.807, 2.05) is 0 Å². The molecule has 1 aromatic rings. The minimum Gasteiger partial charge on any atom is -0.493 e. The summed E-state index contributed by atoms with van der Waals surface area (Å²) in [6.45, 7) is 1.03. The molecule has 12 atom stereocenters. The lowest BCUT2D eigenvalue weighted by molar-refractivity contribution is 0.0996. The topological polar surface area (TPSA) is 9.23 Å². The molecule has 9 rings (SSSR count). The molecule has 8 fully saturated rings. The summed E-state index contributed by atoms with van der Waals surface area (Å²) in [5, 5.41) is 0. The van der Waals surface area contributed by atoms with Gasteiger partial charge in [-0.25, -0.2) is 0 Å². The number of benzene rings is 1. The number of rotatable bonds is 3. The zero-order chi connectivity index (χ0) is 17.0. The lowest BCUT2D eigenvalue weighted by Gasteiger charge is -2.34. The maximum atomic E-state index is 6.50. The largest absolute Gasteiger partial charge is 0.493 e. The maximum absolute atomic E-state index is 6.50. The molecule has 0 aliphatic heterocycles. The lowest BCUT2D eigenvalue weighted by Crippen LogP contribution is -2.32. The summed E-state index contributed by atoms with van der Waals surface area (Å²) >= 11 is 0. The quantitative estimate of drug-likeness (QED) is 0.741. The van der Waals surface area contributed by atoms with E-state index in [0.717, 1.165) is 53.8 Å². The highest BCUT2D eigenvalue weighted by atomic mass is 16.5. The van der Waals surface area contributed by atoms with E-state index < -0.39 is 0 Å². The Labute approximate surface area is 162 Å². The van der Waals surface area contributed by atoms with Gasteiger partial charge < -0.3 is 4.74 Å². The van der Waals surface area contributed by atoms with Crippen molar-refractivity contribution in [1.29, 1.82) is 0 Å². The summed E-state index contributed by atoms with van der Waals surface area (Å²) in [5.41, 5.74) is 0. The number of hydrogen-bond acceptors (Lipinski definition) is 1. The van der Waals surface area contributed by atoms with Gasteiger partial charge in [-0.3, -0.25) is 0 Å². The summed E-state index contributed by atoms with van der Waals surface area (Å²) in [6.07, 6.45) is 6.39. The second-order valence-corrected chi connectivity index (χ2v) is 11.9. The van der Waals surface area contributed by atoms with Gasteiger partial charge in [0.15, 0.2) is 0 Å². The van der Waals surface area contributed by atoms with E-state index in [1.54, 1.807) is 25.7 Å². The second kappa shape index (κ2) is 4.29. The Bertz CT molecular complexity index is 786. The Kier molecular flexibility index (Phi) is 2.24. The molecule has 0 radical (unpaired) electrons. The number of ether oxygens (including phenoxy) is 1. The van der Waals surface area contributed by atoms with Crippen molar-refractivity contribution in [2.24, 2.45) is 88.8 Å². The van der Waals surface area contributed by atoms with Crippen molar-refractivity contribution in [2.75, 3.05) is 6.61 Å². The van der Waals surface area contributed by atoms with Gasteiger partial charge in [-0.1, -0.05) is 18.2 Å². The SMILES string of the molecule is c1ccc(OCC2C3C4CCC5C6C7CCC8C7C7C6C(C54)C3C7C82)cc1. The van der Waals surface area contributed by atoms with Gasteiger partial charge in [0.25, 0.3) is 0 Å². The van der Waals surface area contributed by atoms with Gasteiger partial charge in [-0.2, -0.15) is 0 Å². The van der Waals surface area contributed by atoms with Crippen molar-refractivity contribution < 1.29 is 4.74 Å². The Morgan fingerprint density at radius 3 is 1.52 bits per heavy atom. The predicted molar refractivity (Wildman–Crippen MR) is 103 cm³/mol. The molecule has 0 amide bonds. The molecule has 8 aliphatic rings. The smallest absolute Gasteiger partial charge is 0.119 e. The van der Waals surface area contributed by atoms with Gasteiger partial charge in [-0.05, 0) is 127 Å². The fourth-order valence-electron chi connectivity index (χ4n) is 12.8. The van der Waals surface area contributed by atoms with E-state index in [1.165, 1.54) is 47.3 Å². The minimum atomic E-state index is 0.892. The Morgan fingerprint density at radius 1 is 0.556 bits per heavy atom. The van der Waals surface area contributed by atoms with E-state index in [0.29, 0.717) is 0 Å². The van der Waals surface area contributed by atoms with Crippen molar-refractivity contribution in [2.45, 2.75) is 25.7 Å². The van der Waals surface area contributed by atoms with Crippen LogP contribution in [-0.2, 0) is 0 Å². The molecule has 8 saturated carbocycles. The van der Waals surface area contributed by atoms with Crippen LogP contribution in [-0.4, -0.2) is 6.61 Å². The first kappa shape index (κ1) is 14.1. The van der Waals surface area contributed by atoms with Crippen LogP contribution in [0.2, 0.25) is 0 Å². The number of fused-ring (bicyclic) bond motifs is 4. The molecule has 0 saturated heterocycles. The van der Waals surface area contributed by atoms with E-state index >= 15 is 0 Å². The normalized spacial score (nSPS) is 66.4. The summed E-state index contributed by atoms with van der Waals surface area (Å²) < 4.78 is 6.50. The van der Waals surface area contributed by atoms with Crippen molar-refractivity contribution in [3.05, 3.63) is 30.3 Å². The fourth-order valence-corrected chi connectivity index (χ4v) is 12.8. The molecular weight excluding hydrogens is 328 g/mol. The van der Waals surface area contributed by atoms with Crippen LogP contribution in [0.25, 0.3) is 0 Å². The molecule has 27 heavy (non-hydrogen) atoms. The van der Waals surface area contributed by atoms with Gasteiger partial charge in [0.1, 0.15) is 5.75 Å². The van der Waals surface area contributed by atoms with Gasteiger partial charge in [-0.15, -0.1) is 0 Å². The average Bonchev–Trinajstić information content (AvgIpc) is 3.44. The van der Waals surface area contributed by atoms with Gasteiger partial charge in [0.2, 0.25) is 0 Å². The summed E-state index contributed by atoms with van der Waals surface area (Å²) in [6, 6.07) is 10.7. The van der Waals surface area contributed by atoms with Crippen LogP contribution in [0.1, 0.15) is 25.7 Å². The van der Waals surface area contributed by atoms with Crippen LogP contribution in [0.5, 0.6) is 5.75 Å². The van der Waals surface area contributed by atoms with E-state index in [4.69, 9.17) is 4.74 Å². The predicted octanol–water partition coefficient (Wildman–Crippen LogP) is 4.98. The summed E-state index contributed by atoms with van der Waals surface area (Å²) in [7, 11) is 0. The monoisotopic (exact) mass is 358 g/mol. The zero-order valence-corrected chi connectivity index (χ0v) is 16.0. The molecule has 140 valence electrons. The zero-order valence-electron chi connectivity index (χ0n) is 16.0. The summed E-state index contributed by atoms with van der Waals surface area (Å²) in [4.78, 5) is 0. The van der Waals surface area contributed by atoms with E-state index in [-0.39, 0.29) is 0 Å². The van der Waals surface area contributed by atoms with Crippen molar-refractivity contribution in [3.8, 4) is 5.75 Å². The molecule has 12 unspecified atom stereocenters. The Balaban J connectivity index is 1.18. The third-order valence-electron chi connectivity index (χ3n) is 12.2. The van der Waals surface area contributed by atoms with Crippen LogP contribution in [0.4, 0.5) is 0 Å². The molecule has 0 aromatic heterocycles. The van der Waals surface area contributed by atoms with Gasteiger partial charge >= 0.3 is 0 Å². The molecule has 1 heteroatoms. The molecule has 0 heterocycles. The first-order valence-corrected chi connectivity index (χ1v) is 12.1. The van der Waals surface area contributed by atoms with E-state index in [2.05, 4.69) is 30.3 Å². The van der Waals surface area contributed by atoms with Crippen LogP contribution in [0.3, 0.4) is 0 Å². The van der Waals surface area contributed by atoms with Crippen LogP contribution >= 0.6 is 0 Å². The second-order valence-electron chi connectivity index (χ2n) is 11.9. The molecule has 0 bridgehead atoms. The molecule has 8 aliphatic carbocycles. The van der Waals surface area contributed by atoms with Crippen molar-refractivity contribution in [1.82, 2.24) is 0 Å². The third kappa shape index (κ3) is 1.27. The average molecular weight is 359 g/mol. The summed E-state index contributed by atoms with van der Waals surface area (Å²) in [5.74, 6) is 18.0. The first-order valence-electron chi connectivity index (χ1n) is 12.1. The van der Waals surface area contributed by atoms with Crippen LogP contribution in [0.15, 0.2) is 30.3 Å². The standard InChI is InChI=1S/C26H30O/c1-2-4-11(5-3-1)27-10-16-20-14-8-6-12-17-13-7-9-15-19(13)24-22(17)23(18(12)14)25(20)26(24)21(15)16/h1-5,12-26H,6-10H2. The highest BCUT2D eigenvalue weighted by Crippen LogP contribution is 2.88. The van der Waals surface area contributed by atoms with Crippen molar-refractivity contribution in [3.63, 3.8) is 0 Å². The lowest BCUT2D eigenvalue weighted by atomic mass is 9.72. The molecule has 1 nitrogen and oxygen atoms in total. The Hall–Kier alpha value is -0.980. The van der Waals surface area contributed by atoms with E-state index in [9.17, 15) is 0 Å². The number of para-hydroxylation sites is 1.